The summed E-state index contributed by atoms with van der Waals surface area (Å²) in [4.78, 5) is 37.9. The second-order valence-corrected chi connectivity index (χ2v) is 6.27. The van der Waals surface area contributed by atoms with Crippen LogP contribution in [0.4, 0.5) is 16.2 Å². The smallest absolute Gasteiger partial charge is 0.337 e. The van der Waals surface area contributed by atoms with Crippen LogP contribution in [0.2, 0.25) is 0 Å². The minimum Gasteiger partial charge on any atom is -0.465 e. The number of methoxy groups -OCH3 is 2. The molecule has 29 heavy (non-hydrogen) atoms. The Morgan fingerprint density at radius 1 is 0.931 bits per heavy atom. The SMILES string of the molecule is COC(=O)c1cc(NC(=O)NCCCN(C)c2ccccc2)cc(C(=O)OC)c1. The maximum atomic E-state index is 12.2. The lowest BCUT2D eigenvalue weighted by molar-refractivity contribution is 0.0599. The van der Waals surface area contributed by atoms with Crippen LogP contribution in [0.15, 0.2) is 48.5 Å². The van der Waals surface area contributed by atoms with Gasteiger partial charge in [-0.15, -0.1) is 0 Å². The molecule has 0 fully saturated rings. The molecule has 0 radical (unpaired) electrons. The van der Waals surface area contributed by atoms with Gasteiger partial charge in [0.1, 0.15) is 0 Å². The molecule has 2 N–H and O–H groups in total. The minimum absolute atomic E-state index is 0.134. The molecule has 0 aromatic heterocycles. The van der Waals surface area contributed by atoms with E-state index in [-0.39, 0.29) is 16.8 Å². The molecule has 8 heteroatoms. The van der Waals surface area contributed by atoms with Crippen LogP contribution < -0.4 is 15.5 Å². The zero-order valence-corrected chi connectivity index (χ0v) is 16.7. The highest BCUT2D eigenvalue weighted by Gasteiger charge is 2.15. The van der Waals surface area contributed by atoms with Gasteiger partial charge in [-0.05, 0) is 36.8 Å². The Hall–Kier alpha value is -3.55. The second-order valence-electron chi connectivity index (χ2n) is 6.27. The summed E-state index contributed by atoms with van der Waals surface area (Å²) in [6.07, 6.45) is 0.744. The van der Waals surface area contributed by atoms with E-state index in [4.69, 9.17) is 0 Å². The summed E-state index contributed by atoms with van der Waals surface area (Å²) in [5.41, 5.74) is 1.66. The van der Waals surface area contributed by atoms with Crippen molar-refractivity contribution in [1.29, 1.82) is 0 Å². The van der Waals surface area contributed by atoms with Crippen molar-refractivity contribution < 1.29 is 23.9 Å². The lowest BCUT2D eigenvalue weighted by atomic mass is 10.1. The van der Waals surface area contributed by atoms with Crippen LogP contribution >= 0.6 is 0 Å². The summed E-state index contributed by atoms with van der Waals surface area (Å²) in [5.74, 6) is -1.24. The predicted octanol–water partition coefficient (Wildman–Crippen LogP) is 2.91. The number of anilines is 2. The number of para-hydroxylation sites is 1. The number of nitrogens with one attached hydrogen (secondary N) is 2. The molecule has 0 aliphatic rings. The number of benzene rings is 2. The predicted molar refractivity (Wildman–Crippen MR) is 110 cm³/mol. The summed E-state index contributed by atoms with van der Waals surface area (Å²) in [6, 6.07) is 13.7. The Balaban J connectivity index is 1.90. The minimum atomic E-state index is -0.622. The van der Waals surface area contributed by atoms with E-state index in [1.807, 2.05) is 37.4 Å². The van der Waals surface area contributed by atoms with Crippen LogP contribution in [0, 0.1) is 0 Å². The van der Waals surface area contributed by atoms with E-state index in [2.05, 4.69) is 25.0 Å². The van der Waals surface area contributed by atoms with Crippen molar-refractivity contribution in [3.05, 3.63) is 59.7 Å². The van der Waals surface area contributed by atoms with Gasteiger partial charge in [-0.1, -0.05) is 18.2 Å². The molecule has 2 aromatic carbocycles. The van der Waals surface area contributed by atoms with Gasteiger partial charge in [0.25, 0.3) is 0 Å². The highest BCUT2D eigenvalue weighted by molar-refractivity contribution is 5.99. The summed E-state index contributed by atoms with van der Waals surface area (Å²) >= 11 is 0. The van der Waals surface area contributed by atoms with Crippen molar-refractivity contribution in [2.75, 3.05) is 44.6 Å². The lowest BCUT2D eigenvalue weighted by Crippen LogP contribution is -2.31. The molecule has 0 aliphatic carbocycles. The number of hydrogen-bond acceptors (Lipinski definition) is 6. The van der Waals surface area contributed by atoms with E-state index in [1.54, 1.807) is 0 Å². The fraction of sp³-hybridized carbons (Fsp3) is 0.286. The molecule has 0 spiro atoms. The standard InChI is InChI=1S/C21H25N3O5/c1-24(18-8-5-4-6-9-18)11-7-10-22-21(27)23-17-13-15(19(25)28-2)12-16(14-17)20(26)29-3/h4-6,8-9,12-14H,7,10-11H2,1-3H3,(H2,22,23,27). The largest absolute Gasteiger partial charge is 0.465 e. The van der Waals surface area contributed by atoms with Crippen molar-refractivity contribution in [3.8, 4) is 0 Å². The Kier molecular flexibility index (Phi) is 8.02. The maximum absolute atomic E-state index is 12.2. The second kappa shape index (κ2) is 10.7. The molecule has 154 valence electrons. The molecule has 0 unspecified atom stereocenters. The van der Waals surface area contributed by atoms with E-state index in [0.29, 0.717) is 6.54 Å². The summed E-state index contributed by atoms with van der Waals surface area (Å²) < 4.78 is 9.36. The highest BCUT2D eigenvalue weighted by atomic mass is 16.5. The van der Waals surface area contributed by atoms with E-state index in [9.17, 15) is 14.4 Å². The van der Waals surface area contributed by atoms with Crippen LogP contribution in [0.5, 0.6) is 0 Å². The molecular formula is C21H25N3O5. The molecule has 0 aliphatic heterocycles. The fourth-order valence-electron chi connectivity index (χ4n) is 2.68. The maximum Gasteiger partial charge on any atom is 0.337 e. The number of hydrogen-bond donors (Lipinski definition) is 2. The van der Waals surface area contributed by atoms with Gasteiger partial charge in [-0.3, -0.25) is 0 Å². The lowest BCUT2D eigenvalue weighted by Gasteiger charge is -2.19. The number of carbonyl (C=O) groups is 3. The van der Waals surface area contributed by atoms with Gasteiger partial charge in [0.2, 0.25) is 0 Å². The molecule has 0 heterocycles. The molecule has 0 saturated heterocycles. The van der Waals surface area contributed by atoms with Gasteiger partial charge in [-0.2, -0.15) is 0 Å². The average molecular weight is 399 g/mol. The highest BCUT2D eigenvalue weighted by Crippen LogP contribution is 2.17. The number of nitrogens with zero attached hydrogens (tertiary/aromatic N) is 1. The monoisotopic (exact) mass is 399 g/mol. The number of esters is 2. The Morgan fingerprint density at radius 3 is 2.07 bits per heavy atom. The average Bonchev–Trinajstić information content (AvgIpc) is 2.75. The normalized spacial score (nSPS) is 10.0. The molecule has 2 amide bonds. The molecule has 2 aromatic rings. The van der Waals surface area contributed by atoms with Crippen LogP contribution in [0.1, 0.15) is 27.1 Å². The summed E-state index contributed by atoms with van der Waals surface area (Å²) in [6.45, 7) is 1.23. The molecular weight excluding hydrogens is 374 g/mol. The van der Waals surface area contributed by atoms with E-state index in [1.165, 1.54) is 32.4 Å². The van der Waals surface area contributed by atoms with Crippen molar-refractivity contribution >= 4 is 29.3 Å². The number of rotatable bonds is 8. The van der Waals surface area contributed by atoms with E-state index in [0.717, 1.165) is 18.7 Å². The van der Waals surface area contributed by atoms with Gasteiger partial charge < -0.3 is 25.0 Å². The molecule has 8 nitrogen and oxygen atoms in total. The Bertz CT molecular complexity index is 820. The number of urea groups is 1. The first kappa shape index (κ1) is 21.7. The van der Waals surface area contributed by atoms with Gasteiger partial charge in [0.05, 0.1) is 25.3 Å². The first-order valence-electron chi connectivity index (χ1n) is 9.07. The van der Waals surface area contributed by atoms with E-state index < -0.39 is 18.0 Å². The Labute approximate surface area is 169 Å². The summed E-state index contributed by atoms with van der Waals surface area (Å²) in [7, 11) is 4.46. The van der Waals surface area contributed by atoms with Crippen LogP contribution in [0.3, 0.4) is 0 Å². The van der Waals surface area contributed by atoms with Crippen molar-refractivity contribution in [3.63, 3.8) is 0 Å². The van der Waals surface area contributed by atoms with Crippen molar-refractivity contribution in [2.45, 2.75) is 6.42 Å². The first-order valence-corrected chi connectivity index (χ1v) is 9.07. The molecule has 0 bridgehead atoms. The first-order chi connectivity index (χ1) is 13.9. The van der Waals surface area contributed by atoms with Gasteiger partial charge in [0.15, 0.2) is 0 Å². The summed E-state index contributed by atoms with van der Waals surface area (Å²) in [5, 5.41) is 5.38. The zero-order valence-electron chi connectivity index (χ0n) is 16.7. The fourth-order valence-corrected chi connectivity index (χ4v) is 2.68. The van der Waals surface area contributed by atoms with Crippen LogP contribution in [-0.4, -0.2) is 52.3 Å². The zero-order chi connectivity index (χ0) is 21.2. The quantitative estimate of drug-likeness (QED) is 0.523. The third-order valence-corrected chi connectivity index (χ3v) is 4.19. The number of ether oxygens (including phenoxy) is 2. The van der Waals surface area contributed by atoms with Crippen molar-refractivity contribution in [1.82, 2.24) is 5.32 Å². The third-order valence-electron chi connectivity index (χ3n) is 4.19. The van der Waals surface area contributed by atoms with Gasteiger partial charge in [-0.25, -0.2) is 14.4 Å². The van der Waals surface area contributed by atoms with Gasteiger partial charge >= 0.3 is 18.0 Å². The molecule has 0 saturated carbocycles. The van der Waals surface area contributed by atoms with Crippen LogP contribution in [0.25, 0.3) is 0 Å². The number of carbonyl (C=O) groups excluding carboxylic acids is 3. The number of amides is 2. The topological polar surface area (TPSA) is 97.0 Å². The van der Waals surface area contributed by atoms with E-state index >= 15 is 0 Å². The third kappa shape index (κ3) is 6.53. The van der Waals surface area contributed by atoms with Gasteiger partial charge in [0, 0.05) is 31.5 Å². The Morgan fingerprint density at radius 2 is 1.52 bits per heavy atom. The molecule has 2 rings (SSSR count). The van der Waals surface area contributed by atoms with Crippen LogP contribution in [-0.2, 0) is 9.47 Å². The van der Waals surface area contributed by atoms with Crippen molar-refractivity contribution in [2.24, 2.45) is 0 Å². The molecule has 0 atom stereocenters.